The summed E-state index contributed by atoms with van der Waals surface area (Å²) in [7, 11) is 0. The summed E-state index contributed by atoms with van der Waals surface area (Å²) < 4.78 is 5.90. The normalized spacial score (nSPS) is 11.9. The fraction of sp³-hybridized carbons (Fsp3) is 0.143. The number of aliphatic hydroxyl groups excluding tert-OH is 1. The minimum Gasteiger partial charge on any atom is -0.483 e. The van der Waals surface area contributed by atoms with Crippen LogP contribution in [0.5, 0.6) is 5.75 Å². The fourth-order valence-electron chi connectivity index (χ4n) is 2.57. The molecule has 0 fully saturated rings. The molecule has 3 heteroatoms. The lowest BCUT2D eigenvalue weighted by atomic mass is 10.1. The molecular formula is C21H19ClO2. The van der Waals surface area contributed by atoms with Gasteiger partial charge >= 0.3 is 0 Å². The van der Waals surface area contributed by atoms with E-state index in [1.807, 2.05) is 78.9 Å². The number of benzene rings is 3. The predicted molar refractivity (Wildman–Crippen MR) is 97.6 cm³/mol. The molecule has 0 saturated heterocycles. The SMILES string of the molecule is OC[C@@H](Oc1ccc(Cc2ccc(Cl)cc2)cc1)c1ccccc1. The van der Waals surface area contributed by atoms with Crippen LogP contribution in [0.15, 0.2) is 78.9 Å². The number of hydrogen-bond acceptors (Lipinski definition) is 2. The van der Waals surface area contributed by atoms with Crippen molar-refractivity contribution in [2.45, 2.75) is 12.5 Å². The van der Waals surface area contributed by atoms with E-state index in [9.17, 15) is 5.11 Å². The lowest BCUT2D eigenvalue weighted by Gasteiger charge is -2.17. The Kier molecular flexibility index (Phi) is 5.52. The second-order valence-electron chi connectivity index (χ2n) is 5.65. The van der Waals surface area contributed by atoms with Crippen molar-refractivity contribution in [1.29, 1.82) is 0 Å². The highest BCUT2D eigenvalue weighted by Crippen LogP contribution is 2.23. The van der Waals surface area contributed by atoms with E-state index in [-0.39, 0.29) is 12.7 Å². The van der Waals surface area contributed by atoms with Crippen LogP contribution in [0.4, 0.5) is 0 Å². The van der Waals surface area contributed by atoms with Crippen LogP contribution in [0, 0.1) is 0 Å². The van der Waals surface area contributed by atoms with Gasteiger partial charge in [-0.1, -0.05) is 66.2 Å². The molecule has 0 aliphatic heterocycles. The van der Waals surface area contributed by atoms with E-state index in [0.29, 0.717) is 0 Å². The van der Waals surface area contributed by atoms with Crippen LogP contribution in [0.25, 0.3) is 0 Å². The van der Waals surface area contributed by atoms with Crippen molar-refractivity contribution in [3.05, 3.63) is 101 Å². The van der Waals surface area contributed by atoms with Crippen LogP contribution in [0.1, 0.15) is 22.8 Å². The maximum Gasteiger partial charge on any atom is 0.147 e. The Morgan fingerprint density at radius 1 is 0.792 bits per heavy atom. The number of ether oxygens (including phenoxy) is 1. The first-order chi connectivity index (χ1) is 11.7. The Hall–Kier alpha value is -2.29. The minimum absolute atomic E-state index is 0.0590. The predicted octanol–water partition coefficient (Wildman–Crippen LogP) is 5.04. The van der Waals surface area contributed by atoms with Crippen molar-refractivity contribution in [2.75, 3.05) is 6.61 Å². The van der Waals surface area contributed by atoms with Gasteiger partial charge in [-0.05, 0) is 47.4 Å². The molecule has 3 aromatic carbocycles. The topological polar surface area (TPSA) is 29.5 Å². The molecular weight excluding hydrogens is 320 g/mol. The third-order valence-corrected chi connectivity index (χ3v) is 4.11. The third-order valence-electron chi connectivity index (χ3n) is 3.86. The van der Waals surface area contributed by atoms with Gasteiger partial charge in [0.1, 0.15) is 11.9 Å². The summed E-state index contributed by atoms with van der Waals surface area (Å²) in [6, 6.07) is 25.6. The first-order valence-corrected chi connectivity index (χ1v) is 8.28. The molecule has 3 rings (SSSR count). The van der Waals surface area contributed by atoms with Gasteiger partial charge in [0.05, 0.1) is 6.61 Å². The highest BCUT2D eigenvalue weighted by atomic mass is 35.5. The molecule has 0 unspecified atom stereocenters. The van der Waals surface area contributed by atoms with Crippen molar-refractivity contribution in [2.24, 2.45) is 0 Å². The van der Waals surface area contributed by atoms with Crippen LogP contribution < -0.4 is 4.74 Å². The van der Waals surface area contributed by atoms with Gasteiger partial charge in [0, 0.05) is 5.02 Å². The first kappa shape index (κ1) is 16.6. The van der Waals surface area contributed by atoms with E-state index < -0.39 is 0 Å². The largest absolute Gasteiger partial charge is 0.483 e. The van der Waals surface area contributed by atoms with Gasteiger partial charge in [0.25, 0.3) is 0 Å². The Morgan fingerprint density at radius 3 is 1.96 bits per heavy atom. The van der Waals surface area contributed by atoms with Crippen LogP contribution in [0.3, 0.4) is 0 Å². The molecule has 0 aromatic heterocycles. The zero-order valence-electron chi connectivity index (χ0n) is 13.2. The molecule has 24 heavy (non-hydrogen) atoms. The highest BCUT2D eigenvalue weighted by molar-refractivity contribution is 6.30. The van der Waals surface area contributed by atoms with Crippen molar-refractivity contribution in [1.82, 2.24) is 0 Å². The summed E-state index contributed by atoms with van der Waals surface area (Å²) >= 11 is 5.91. The average molecular weight is 339 g/mol. The number of halogens is 1. The summed E-state index contributed by atoms with van der Waals surface area (Å²) in [5.41, 5.74) is 3.38. The highest BCUT2D eigenvalue weighted by Gasteiger charge is 2.11. The van der Waals surface area contributed by atoms with Crippen LogP contribution in [-0.4, -0.2) is 11.7 Å². The van der Waals surface area contributed by atoms with Gasteiger partial charge in [-0.25, -0.2) is 0 Å². The van der Waals surface area contributed by atoms with Gasteiger partial charge in [-0.15, -0.1) is 0 Å². The maximum absolute atomic E-state index is 9.58. The Labute approximate surface area is 147 Å². The maximum atomic E-state index is 9.58. The molecule has 0 radical (unpaired) electrons. The van der Waals surface area contributed by atoms with Gasteiger partial charge in [-0.2, -0.15) is 0 Å². The molecule has 0 bridgehead atoms. The number of rotatable bonds is 6. The van der Waals surface area contributed by atoms with E-state index in [2.05, 4.69) is 0 Å². The summed E-state index contributed by atoms with van der Waals surface area (Å²) in [6.07, 6.45) is 0.493. The smallest absolute Gasteiger partial charge is 0.147 e. The van der Waals surface area contributed by atoms with E-state index in [1.165, 1.54) is 11.1 Å². The zero-order chi connectivity index (χ0) is 16.8. The first-order valence-electron chi connectivity index (χ1n) is 7.90. The molecule has 0 saturated carbocycles. The van der Waals surface area contributed by atoms with Crippen molar-refractivity contribution < 1.29 is 9.84 Å². The molecule has 3 aromatic rings. The van der Waals surface area contributed by atoms with Crippen molar-refractivity contribution >= 4 is 11.6 Å². The number of aliphatic hydroxyl groups is 1. The molecule has 2 nitrogen and oxygen atoms in total. The average Bonchev–Trinajstić information content (AvgIpc) is 2.64. The molecule has 0 aliphatic rings. The summed E-state index contributed by atoms with van der Waals surface area (Å²) in [5.74, 6) is 0.748. The Bertz CT molecular complexity index is 752. The molecule has 0 aliphatic carbocycles. The Morgan fingerprint density at radius 2 is 1.38 bits per heavy atom. The summed E-state index contributed by atoms with van der Waals surface area (Å²) in [5, 5.41) is 10.3. The van der Waals surface area contributed by atoms with Crippen molar-refractivity contribution in [3.63, 3.8) is 0 Å². The summed E-state index contributed by atoms with van der Waals surface area (Å²) in [4.78, 5) is 0. The number of hydrogen-bond donors (Lipinski definition) is 1. The van der Waals surface area contributed by atoms with E-state index in [1.54, 1.807) is 0 Å². The standard InChI is InChI=1S/C21H19ClO2/c22-19-10-6-16(7-11-19)14-17-8-12-20(13-9-17)24-21(15-23)18-4-2-1-3-5-18/h1-13,21,23H,14-15H2/t21-/m1/s1. The molecule has 1 atom stereocenters. The summed E-state index contributed by atoms with van der Waals surface area (Å²) in [6.45, 7) is -0.0590. The van der Waals surface area contributed by atoms with E-state index in [0.717, 1.165) is 22.8 Å². The molecule has 122 valence electrons. The Balaban J connectivity index is 1.66. The van der Waals surface area contributed by atoms with E-state index in [4.69, 9.17) is 16.3 Å². The second-order valence-corrected chi connectivity index (χ2v) is 6.08. The molecule has 0 spiro atoms. The van der Waals surface area contributed by atoms with Gasteiger partial charge in [0.2, 0.25) is 0 Å². The molecule has 1 N–H and O–H groups in total. The molecule has 0 heterocycles. The van der Waals surface area contributed by atoms with Gasteiger partial charge in [0.15, 0.2) is 0 Å². The van der Waals surface area contributed by atoms with Gasteiger partial charge < -0.3 is 9.84 Å². The van der Waals surface area contributed by atoms with Crippen LogP contribution in [0.2, 0.25) is 5.02 Å². The third kappa shape index (κ3) is 4.38. The molecule has 0 amide bonds. The lowest BCUT2D eigenvalue weighted by Crippen LogP contribution is -2.11. The monoisotopic (exact) mass is 338 g/mol. The van der Waals surface area contributed by atoms with Gasteiger partial charge in [-0.3, -0.25) is 0 Å². The fourth-order valence-corrected chi connectivity index (χ4v) is 2.69. The zero-order valence-corrected chi connectivity index (χ0v) is 14.0. The minimum atomic E-state index is -0.353. The van der Waals surface area contributed by atoms with Crippen molar-refractivity contribution in [3.8, 4) is 5.75 Å². The lowest BCUT2D eigenvalue weighted by molar-refractivity contribution is 0.116. The quantitative estimate of drug-likeness (QED) is 0.682. The van der Waals surface area contributed by atoms with E-state index >= 15 is 0 Å². The van der Waals surface area contributed by atoms with Crippen LogP contribution in [-0.2, 0) is 6.42 Å². The van der Waals surface area contributed by atoms with Crippen LogP contribution >= 0.6 is 11.6 Å². The second kappa shape index (κ2) is 8.00.